The van der Waals surface area contributed by atoms with Crippen LogP contribution in [0.1, 0.15) is 30.1 Å². The van der Waals surface area contributed by atoms with Gasteiger partial charge in [0.05, 0.1) is 11.8 Å². The maximum Gasteiger partial charge on any atom is 0.254 e. The number of amides is 1. The zero-order valence-electron chi connectivity index (χ0n) is 9.04. The molecule has 0 spiro atoms. The molecule has 0 aliphatic carbocycles. The summed E-state index contributed by atoms with van der Waals surface area (Å²) in [5.41, 5.74) is 0.0395. The molecule has 1 heterocycles. The minimum absolute atomic E-state index is 0.0395. The molecule has 1 atom stereocenters. The molecule has 1 unspecified atom stereocenters. The van der Waals surface area contributed by atoms with Crippen LogP contribution in [-0.2, 0) is 0 Å². The normalized spacial score (nSPS) is 12.2. The molecule has 0 aliphatic rings. The number of halogens is 2. The van der Waals surface area contributed by atoms with Gasteiger partial charge in [0, 0.05) is 17.6 Å². The van der Waals surface area contributed by atoms with Crippen LogP contribution in [0.5, 0.6) is 0 Å². The summed E-state index contributed by atoms with van der Waals surface area (Å²) in [4.78, 5) is 15.5. The number of aromatic nitrogens is 1. The molecule has 1 aromatic rings. The molecule has 0 saturated heterocycles. The van der Waals surface area contributed by atoms with Crippen molar-refractivity contribution in [2.24, 2.45) is 0 Å². The number of alkyl halides is 1. The number of carbonyl (C=O) groups is 1. The fourth-order valence-corrected chi connectivity index (χ4v) is 1.43. The van der Waals surface area contributed by atoms with E-state index in [1.807, 2.05) is 0 Å². The van der Waals surface area contributed by atoms with Gasteiger partial charge < -0.3 is 5.32 Å². The quantitative estimate of drug-likeness (QED) is 0.846. The van der Waals surface area contributed by atoms with Gasteiger partial charge in [0.1, 0.15) is 0 Å². The zero-order valence-corrected chi connectivity index (χ0v) is 10.6. The number of nitrogens with zero attached hydrogens (tertiary/aromatic N) is 1. The van der Waals surface area contributed by atoms with E-state index in [2.05, 4.69) is 33.2 Å². The van der Waals surface area contributed by atoms with E-state index in [9.17, 15) is 9.18 Å². The minimum Gasteiger partial charge on any atom is -0.352 e. The third-order valence-electron chi connectivity index (χ3n) is 2.20. The Morgan fingerprint density at radius 3 is 3.06 bits per heavy atom. The van der Waals surface area contributed by atoms with E-state index < -0.39 is 11.7 Å². The molecule has 0 aliphatic heterocycles. The Morgan fingerprint density at radius 1 is 1.69 bits per heavy atom. The largest absolute Gasteiger partial charge is 0.352 e. The highest BCUT2D eigenvalue weighted by Crippen LogP contribution is 2.08. The molecule has 1 amide bonds. The molecule has 5 heteroatoms. The van der Waals surface area contributed by atoms with Crippen LogP contribution in [-0.4, -0.2) is 22.3 Å². The van der Waals surface area contributed by atoms with Gasteiger partial charge in [0.2, 0.25) is 0 Å². The first-order chi connectivity index (χ1) is 7.65. The Balaban J connectivity index is 2.44. The highest BCUT2D eigenvalue weighted by atomic mass is 79.9. The van der Waals surface area contributed by atoms with Crippen molar-refractivity contribution in [1.29, 1.82) is 0 Å². The molecule has 16 heavy (non-hydrogen) atoms. The highest BCUT2D eigenvalue weighted by molar-refractivity contribution is 9.09. The van der Waals surface area contributed by atoms with Gasteiger partial charge in [-0.25, -0.2) is 4.39 Å². The minimum atomic E-state index is -0.592. The lowest BCUT2D eigenvalue weighted by molar-refractivity contribution is 0.0949. The van der Waals surface area contributed by atoms with Gasteiger partial charge in [-0.3, -0.25) is 9.78 Å². The summed E-state index contributed by atoms with van der Waals surface area (Å²) in [6.45, 7) is 2.59. The van der Waals surface area contributed by atoms with Crippen LogP contribution >= 0.6 is 15.9 Å². The Hall–Kier alpha value is -0.970. The monoisotopic (exact) mass is 288 g/mol. The third kappa shape index (κ3) is 3.89. The summed E-state index contributed by atoms with van der Waals surface area (Å²) in [7, 11) is 0. The van der Waals surface area contributed by atoms with Crippen LogP contribution in [0, 0.1) is 5.82 Å². The Kier molecular flexibility index (Phi) is 5.38. The zero-order chi connectivity index (χ0) is 12.0. The fraction of sp³-hybridized carbons (Fsp3) is 0.455. The maximum absolute atomic E-state index is 13.2. The standard InChI is InChI=1S/C11H14BrFN2O/c1-2-8(12)3-6-15-11(16)9-4-5-14-7-10(9)13/h4-5,7-8H,2-3,6H2,1H3,(H,15,16). The predicted molar refractivity (Wildman–Crippen MR) is 64.2 cm³/mol. The van der Waals surface area contributed by atoms with Gasteiger partial charge in [-0.15, -0.1) is 0 Å². The van der Waals surface area contributed by atoms with Gasteiger partial charge in [-0.2, -0.15) is 0 Å². The molecular formula is C11H14BrFN2O. The molecule has 3 nitrogen and oxygen atoms in total. The second kappa shape index (κ2) is 6.58. The molecule has 1 rings (SSSR count). The molecule has 0 saturated carbocycles. The fourth-order valence-electron chi connectivity index (χ4n) is 1.20. The van der Waals surface area contributed by atoms with E-state index in [0.29, 0.717) is 11.4 Å². The Bertz CT molecular complexity index is 360. The van der Waals surface area contributed by atoms with Crippen molar-refractivity contribution in [3.8, 4) is 0 Å². The second-order valence-electron chi connectivity index (χ2n) is 3.41. The van der Waals surface area contributed by atoms with E-state index >= 15 is 0 Å². The molecule has 1 N–H and O–H groups in total. The summed E-state index contributed by atoms with van der Waals surface area (Å²) in [5, 5.41) is 2.67. The van der Waals surface area contributed by atoms with Gasteiger partial charge in [0.25, 0.3) is 5.91 Å². The van der Waals surface area contributed by atoms with Crippen LogP contribution in [0.25, 0.3) is 0 Å². The number of carbonyl (C=O) groups excluding carboxylic acids is 1. The van der Waals surface area contributed by atoms with Crippen molar-refractivity contribution in [2.75, 3.05) is 6.54 Å². The lowest BCUT2D eigenvalue weighted by Crippen LogP contribution is -2.26. The Labute approximate surface area is 103 Å². The molecule has 1 aromatic heterocycles. The van der Waals surface area contributed by atoms with E-state index in [-0.39, 0.29) is 5.56 Å². The smallest absolute Gasteiger partial charge is 0.254 e. The molecule has 0 fully saturated rings. The summed E-state index contributed by atoms with van der Waals surface area (Å²) in [6, 6.07) is 1.37. The van der Waals surface area contributed by atoms with Gasteiger partial charge in [0.15, 0.2) is 5.82 Å². The van der Waals surface area contributed by atoms with Crippen molar-refractivity contribution in [3.63, 3.8) is 0 Å². The van der Waals surface area contributed by atoms with Crippen LogP contribution in [0.3, 0.4) is 0 Å². The third-order valence-corrected chi connectivity index (χ3v) is 3.31. The molecule has 0 aromatic carbocycles. The van der Waals surface area contributed by atoms with E-state index in [4.69, 9.17) is 0 Å². The summed E-state index contributed by atoms with van der Waals surface area (Å²) >= 11 is 3.46. The van der Waals surface area contributed by atoms with Crippen molar-refractivity contribution in [3.05, 3.63) is 29.8 Å². The molecular weight excluding hydrogens is 275 g/mol. The van der Waals surface area contributed by atoms with Crippen molar-refractivity contribution >= 4 is 21.8 Å². The topological polar surface area (TPSA) is 42.0 Å². The average Bonchev–Trinajstić information content (AvgIpc) is 2.29. The SMILES string of the molecule is CCC(Br)CCNC(=O)c1ccncc1F. The van der Waals surface area contributed by atoms with E-state index in [1.165, 1.54) is 12.3 Å². The van der Waals surface area contributed by atoms with Crippen molar-refractivity contribution in [2.45, 2.75) is 24.6 Å². The Morgan fingerprint density at radius 2 is 2.44 bits per heavy atom. The van der Waals surface area contributed by atoms with E-state index in [0.717, 1.165) is 19.0 Å². The number of hydrogen-bond acceptors (Lipinski definition) is 2. The van der Waals surface area contributed by atoms with Crippen LogP contribution in [0.15, 0.2) is 18.5 Å². The van der Waals surface area contributed by atoms with E-state index in [1.54, 1.807) is 0 Å². The first-order valence-electron chi connectivity index (χ1n) is 5.17. The molecule has 88 valence electrons. The second-order valence-corrected chi connectivity index (χ2v) is 4.70. The number of rotatable bonds is 5. The van der Waals surface area contributed by atoms with Gasteiger partial charge in [-0.1, -0.05) is 22.9 Å². The maximum atomic E-state index is 13.2. The van der Waals surface area contributed by atoms with Gasteiger partial charge >= 0.3 is 0 Å². The number of nitrogens with one attached hydrogen (secondary N) is 1. The van der Waals surface area contributed by atoms with Crippen molar-refractivity contribution < 1.29 is 9.18 Å². The van der Waals surface area contributed by atoms with Crippen LogP contribution in [0.4, 0.5) is 4.39 Å². The first-order valence-corrected chi connectivity index (χ1v) is 6.08. The summed E-state index contributed by atoms with van der Waals surface area (Å²) in [5.74, 6) is -0.985. The van der Waals surface area contributed by atoms with Gasteiger partial charge in [-0.05, 0) is 18.9 Å². The molecule has 0 bridgehead atoms. The van der Waals surface area contributed by atoms with Crippen LogP contribution in [0.2, 0.25) is 0 Å². The summed E-state index contributed by atoms with van der Waals surface area (Å²) in [6.07, 6.45) is 4.26. The summed E-state index contributed by atoms with van der Waals surface area (Å²) < 4.78 is 13.2. The highest BCUT2D eigenvalue weighted by Gasteiger charge is 2.10. The predicted octanol–water partition coefficient (Wildman–Crippen LogP) is 2.51. The average molecular weight is 289 g/mol. The van der Waals surface area contributed by atoms with Crippen LogP contribution < -0.4 is 5.32 Å². The number of pyridine rings is 1. The first kappa shape index (κ1) is 13.1. The number of hydrogen-bond donors (Lipinski definition) is 1. The van der Waals surface area contributed by atoms with Crippen molar-refractivity contribution in [1.82, 2.24) is 10.3 Å². The molecule has 0 radical (unpaired) electrons. The lowest BCUT2D eigenvalue weighted by atomic mass is 10.2. The lowest BCUT2D eigenvalue weighted by Gasteiger charge is -2.08.